The number of carbonyl (C=O) groups excluding carboxylic acids is 1. The molecule has 0 spiro atoms. The number of benzene rings is 1. The number of rotatable bonds is 0. The maximum Gasteiger partial charge on any atom is 0.206 e. The van der Waals surface area contributed by atoms with Crippen LogP contribution in [0.5, 0.6) is 5.75 Å². The van der Waals surface area contributed by atoms with Gasteiger partial charge in [0.15, 0.2) is 12.4 Å². The summed E-state index contributed by atoms with van der Waals surface area (Å²) in [5.74, 6) is -2.86. The van der Waals surface area contributed by atoms with E-state index in [4.69, 9.17) is 10.00 Å². The van der Waals surface area contributed by atoms with Crippen LogP contribution in [0.15, 0.2) is 6.07 Å². The molecule has 70 valence electrons. The third kappa shape index (κ3) is 0.973. The minimum absolute atomic E-state index is 0.282. The number of fused-ring (bicyclic) bond motifs is 1. The second-order valence-electron chi connectivity index (χ2n) is 2.74. The predicted molar refractivity (Wildman–Crippen MR) is 40.9 cm³/mol. The van der Waals surface area contributed by atoms with Crippen LogP contribution in [0.1, 0.15) is 15.9 Å². The first-order valence-electron chi connectivity index (χ1n) is 3.73. The quantitative estimate of drug-likeness (QED) is 0.628. The fourth-order valence-electron chi connectivity index (χ4n) is 1.32. The molecule has 1 heterocycles. The molecule has 0 atom stereocenters. The number of nitriles is 1. The van der Waals surface area contributed by atoms with E-state index in [1.54, 1.807) is 0 Å². The van der Waals surface area contributed by atoms with Crippen LogP contribution in [-0.4, -0.2) is 12.4 Å². The number of hydrogen-bond acceptors (Lipinski definition) is 3. The summed E-state index contributed by atoms with van der Waals surface area (Å²) >= 11 is 0. The summed E-state index contributed by atoms with van der Waals surface area (Å²) < 4.78 is 30.8. The Morgan fingerprint density at radius 2 is 2.14 bits per heavy atom. The van der Waals surface area contributed by atoms with Gasteiger partial charge in [0.05, 0.1) is 0 Å². The molecular formula is C9H3F2NO2. The molecule has 1 aromatic carbocycles. The van der Waals surface area contributed by atoms with Gasteiger partial charge in [-0.25, -0.2) is 8.78 Å². The first-order valence-corrected chi connectivity index (χ1v) is 3.73. The summed E-state index contributed by atoms with van der Waals surface area (Å²) in [6.45, 7) is -0.343. The van der Waals surface area contributed by atoms with Gasteiger partial charge >= 0.3 is 0 Å². The zero-order valence-electron chi connectivity index (χ0n) is 6.80. The summed E-state index contributed by atoms with van der Waals surface area (Å²) in [7, 11) is 0. The van der Waals surface area contributed by atoms with Crippen molar-refractivity contribution in [1.82, 2.24) is 0 Å². The Balaban J connectivity index is 2.81. The molecule has 14 heavy (non-hydrogen) atoms. The van der Waals surface area contributed by atoms with Crippen molar-refractivity contribution in [3.8, 4) is 11.8 Å². The van der Waals surface area contributed by atoms with Crippen molar-refractivity contribution in [2.24, 2.45) is 0 Å². The molecule has 5 heteroatoms. The van der Waals surface area contributed by atoms with Crippen LogP contribution in [0, 0.1) is 23.0 Å². The average molecular weight is 195 g/mol. The van der Waals surface area contributed by atoms with Crippen LogP contribution in [0.4, 0.5) is 8.78 Å². The summed E-state index contributed by atoms with van der Waals surface area (Å²) in [4.78, 5) is 11.1. The Hall–Kier alpha value is -1.96. The molecule has 0 amide bonds. The molecular weight excluding hydrogens is 192 g/mol. The van der Waals surface area contributed by atoms with Gasteiger partial charge in [-0.15, -0.1) is 0 Å². The molecule has 0 saturated carbocycles. The molecule has 2 rings (SSSR count). The lowest BCUT2D eigenvalue weighted by Crippen LogP contribution is -2.01. The van der Waals surface area contributed by atoms with Crippen LogP contribution in [0.25, 0.3) is 0 Å². The second-order valence-corrected chi connectivity index (χ2v) is 2.74. The van der Waals surface area contributed by atoms with Crippen molar-refractivity contribution in [2.75, 3.05) is 6.61 Å². The van der Waals surface area contributed by atoms with Crippen molar-refractivity contribution < 1.29 is 18.3 Å². The third-order valence-corrected chi connectivity index (χ3v) is 1.92. The van der Waals surface area contributed by atoms with E-state index in [-0.39, 0.29) is 17.9 Å². The van der Waals surface area contributed by atoms with E-state index >= 15 is 0 Å². The monoisotopic (exact) mass is 195 g/mol. The van der Waals surface area contributed by atoms with Crippen LogP contribution in [0.3, 0.4) is 0 Å². The first-order chi connectivity index (χ1) is 6.65. The minimum Gasteiger partial charge on any atom is -0.483 e. The van der Waals surface area contributed by atoms with Gasteiger partial charge in [0, 0.05) is 6.07 Å². The van der Waals surface area contributed by atoms with Gasteiger partial charge in [0.25, 0.3) is 0 Å². The lowest BCUT2D eigenvalue weighted by Gasteiger charge is -2.01. The summed E-state index contributed by atoms with van der Waals surface area (Å²) in [6.07, 6.45) is 0. The number of ether oxygens (including phenoxy) is 1. The van der Waals surface area contributed by atoms with Crippen LogP contribution < -0.4 is 4.74 Å². The maximum absolute atomic E-state index is 13.1. The van der Waals surface area contributed by atoms with Gasteiger partial charge in [-0.2, -0.15) is 5.26 Å². The molecule has 0 radical (unpaired) electrons. The molecule has 0 aliphatic carbocycles. The standard InChI is InChI=1S/C9H3F2NO2/c10-5-1-6(11)8-7(13)3-14-9(8)4(5)2-12/h1H,3H2. The molecule has 0 N–H and O–H groups in total. The van der Waals surface area contributed by atoms with Crippen LogP contribution in [0.2, 0.25) is 0 Å². The Bertz CT molecular complexity index is 477. The lowest BCUT2D eigenvalue weighted by molar-refractivity contribution is 0.0958. The summed E-state index contributed by atoms with van der Waals surface area (Å²) in [6, 6.07) is 2.04. The minimum atomic E-state index is -1.02. The Labute approximate surface area is 77.5 Å². The van der Waals surface area contributed by atoms with Gasteiger partial charge in [0.1, 0.15) is 28.8 Å². The van der Waals surface area contributed by atoms with Crippen molar-refractivity contribution >= 4 is 5.78 Å². The topological polar surface area (TPSA) is 50.1 Å². The normalized spacial score (nSPS) is 13.4. The van der Waals surface area contributed by atoms with Crippen molar-refractivity contribution in [3.05, 3.63) is 28.8 Å². The molecule has 1 aromatic rings. The third-order valence-electron chi connectivity index (χ3n) is 1.92. The van der Waals surface area contributed by atoms with Crippen molar-refractivity contribution in [1.29, 1.82) is 5.26 Å². The van der Waals surface area contributed by atoms with Gasteiger partial charge in [-0.3, -0.25) is 4.79 Å². The highest BCUT2D eigenvalue weighted by molar-refractivity contribution is 6.03. The fourth-order valence-corrected chi connectivity index (χ4v) is 1.32. The average Bonchev–Trinajstić information content (AvgIpc) is 2.49. The van der Waals surface area contributed by atoms with Gasteiger partial charge in [-0.1, -0.05) is 0 Å². The molecule has 3 nitrogen and oxygen atoms in total. The highest BCUT2D eigenvalue weighted by Gasteiger charge is 2.30. The predicted octanol–water partition coefficient (Wildman–Crippen LogP) is 1.41. The van der Waals surface area contributed by atoms with E-state index in [2.05, 4.69) is 0 Å². The van der Waals surface area contributed by atoms with Gasteiger partial charge in [0.2, 0.25) is 5.78 Å². The molecule has 0 aromatic heterocycles. The number of Topliss-reactive ketones (excluding diaryl/α,β-unsaturated/α-hetero) is 1. The SMILES string of the molecule is N#Cc1c(F)cc(F)c2c1OCC2=O. The highest BCUT2D eigenvalue weighted by atomic mass is 19.1. The molecule has 1 aliphatic heterocycles. The molecule has 1 aliphatic rings. The van der Waals surface area contributed by atoms with Crippen molar-refractivity contribution in [2.45, 2.75) is 0 Å². The Morgan fingerprint density at radius 1 is 1.43 bits per heavy atom. The summed E-state index contributed by atoms with van der Waals surface area (Å²) in [5.41, 5.74) is -0.754. The largest absolute Gasteiger partial charge is 0.483 e. The molecule has 0 unspecified atom stereocenters. The number of halogens is 2. The van der Waals surface area contributed by atoms with E-state index in [0.717, 1.165) is 0 Å². The van der Waals surface area contributed by atoms with E-state index in [9.17, 15) is 13.6 Å². The van der Waals surface area contributed by atoms with Crippen LogP contribution in [-0.2, 0) is 0 Å². The van der Waals surface area contributed by atoms with Gasteiger partial charge in [-0.05, 0) is 0 Å². The molecule has 0 fully saturated rings. The van der Waals surface area contributed by atoms with Gasteiger partial charge < -0.3 is 4.74 Å². The molecule has 0 saturated heterocycles. The van der Waals surface area contributed by atoms with E-state index < -0.39 is 23.0 Å². The van der Waals surface area contributed by atoms with E-state index in [0.29, 0.717) is 6.07 Å². The number of hydrogen-bond donors (Lipinski definition) is 0. The fraction of sp³-hybridized carbons (Fsp3) is 0.111. The second kappa shape index (κ2) is 2.77. The first kappa shape index (κ1) is 8.63. The maximum atomic E-state index is 13.1. The van der Waals surface area contributed by atoms with Crippen molar-refractivity contribution in [3.63, 3.8) is 0 Å². The highest BCUT2D eigenvalue weighted by Crippen LogP contribution is 2.32. The number of nitrogens with zero attached hydrogens (tertiary/aromatic N) is 1. The molecule has 0 bridgehead atoms. The van der Waals surface area contributed by atoms with Crippen LogP contribution >= 0.6 is 0 Å². The number of ketones is 1. The number of carbonyl (C=O) groups is 1. The Kier molecular flexibility index (Phi) is 1.71. The Morgan fingerprint density at radius 3 is 2.79 bits per heavy atom. The van der Waals surface area contributed by atoms with E-state index in [1.807, 2.05) is 0 Å². The zero-order chi connectivity index (χ0) is 10.3. The smallest absolute Gasteiger partial charge is 0.206 e. The summed E-state index contributed by atoms with van der Waals surface area (Å²) in [5, 5.41) is 8.56. The lowest BCUT2D eigenvalue weighted by atomic mass is 10.1. The van der Waals surface area contributed by atoms with E-state index in [1.165, 1.54) is 6.07 Å². The zero-order valence-corrected chi connectivity index (χ0v) is 6.80.